The number of anilines is 3. The molecule has 3 rings (SSSR count). The van der Waals surface area contributed by atoms with Crippen LogP contribution in [0.2, 0.25) is 0 Å². The molecule has 10 heteroatoms. The number of amides is 1. The fourth-order valence-corrected chi connectivity index (χ4v) is 2.61. The molecule has 0 radical (unpaired) electrons. The van der Waals surface area contributed by atoms with Crippen molar-refractivity contribution in [1.29, 1.82) is 0 Å². The van der Waals surface area contributed by atoms with E-state index in [1.165, 1.54) is 12.1 Å². The van der Waals surface area contributed by atoms with Gasteiger partial charge in [0, 0.05) is 44.0 Å². The summed E-state index contributed by atoms with van der Waals surface area (Å²) in [6, 6.07) is 7.33. The molecule has 26 heavy (non-hydrogen) atoms. The van der Waals surface area contributed by atoms with Crippen molar-refractivity contribution in [3.05, 3.63) is 52.2 Å². The number of aromatic nitrogens is 1. The van der Waals surface area contributed by atoms with E-state index in [1.807, 2.05) is 6.07 Å². The minimum Gasteiger partial charge on any atom is -0.398 e. The van der Waals surface area contributed by atoms with Gasteiger partial charge in [-0.1, -0.05) is 0 Å². The van der Waals surface area contributed by atoms with Crippen molar-refractivity contribution >= 4 is 41.2 Å². The number of nitrogens with zero attached hydrogens (tertiary/aromatic N) is 3. The number of nitro benzene ring substituents is 1. The third-order valence-electron chi connectivity index (χ3n) is 3.96. The second-order valence-electron chi connectivity index (χ2n) is 5.62. The van der Waals surface area contributed by atoms with Crippen LogP contribution < -0.4 is 21.3 Å². The van der Waals surface area contributed by atoms with E-state index >= 15 is 0 Å². The molecule has 2 aromatic rings. The highest BCUT2D eigenvalue weighted by atomic mass is 35.5. The van der Waals surface area contributed by atoms with Gasteiger partial charge in [0.05, 0.1) is 22.4 Å². The SMILES string of the molecule is Cl.Nc1ccc([N+](=O)[O-])cc1C(=O)Nc1ccc(N2CCNCC2)cn1. The molecule has 1 fully saturated rings. The zero-order valence-corrected chi connectivity index (χ0v) is 14.7. The van der Waals surface area contributed by atoms with Gasteiger partial charge in [-0.05, 0) is 18.2 Å². The van der Waals surface area contributed by atoms with Crippen LogP contribution in [0.3, 0.4) is 0 Å². The van der Waals surface area contributed by atoms with Crippen LogP contribution in [0.5, 0.6) is 0 Å². The number of rotatable bonds is 4. The lowest BCUT2D eigenvalue weighted by molar-refractivity contribution is -0.384. The normalized spacial score (nSPS) is 13.6. The number of nitro groups is 1. The number of carbonyl (C=O) groups is 1. The quantitative estimate of drug-likeness (QED) is 0.419. The van der Waals surface area contributed by atoms with Gasteiger partial charge < -0.3 is 21.3 Å². The third-order valence-corrected chi connectivity index (χ3v) is 3.96. The summed E-state index contributed by atoms with van der Waals surface area (Å²) in [5, 5.41) is 16.7. The molecule has 0 unspecified atom stereocenters. The van der Waals surface area contributed by atoms with E-state index in [2.05, 4.69) is 20.5 Å². The zero-order chi connectivity index (χ0) is 17.8. The Kier molecular flexibility index (Phi) is 6.31. The summed E-state index contributed by atoms with van der Waals surface area (Å²) in [4.78, 5) is 29.0. The molecule has 2 heterocycles. The monoisotopic (exact) mass is 378 g/mol. The zero-order valence-electron chi connectivity index (χ0n) is 13.8. The molecule has 1 aromatic heterocycles. The van der Waals surface area contributed by atoms with Crippen molar-refractivity contribution in [2.24, 2.45) is 0 Å². The van der Waals surface area contributed by atoms with E-state index in [1.54, 1.807) is 12.3 Å². The van der Waals surface area contributed by atoms with Crippen LogP contribution in [-0.2, 0) is 0 Å². The summed E-state index contributed by atoms with van der Waals surface area (Å²) in [5.41, 5.74) is 6.75. The number of carbonyl (C=O) groups excluding carboxylic acids is 1. The van der Waals surface area contributed by atoms with Crippen LogP contribution in [-0.4, -0.2) is 42.0 Å². The van der Waals surface area contributed by atoms with Crippen LogP contribution in [0, 0.1) is 10.1 Å². The van der Waals surface area contributed by atoms with Crippen molar-refractivity contribution in [2.75, 3.05) is 42.1 Å². The predicted molar refractivity (Wildman–Crippen MR) is 102 cm³/mol. The van der Waals surface area contributed by atoms with Crippen molar-refractivity contribution < 1.29 is 9.72 Å². The average molecular weight is 379 g/mol. The van der Waals surface area contributed by atoms with E-state index in [-0.39, 0.29) is 29.3 Å². The number of halogens is 1. The van der Waals surface area contributed by atoms with E-state index in [0.717, 1.165) is 37.9 Å². The lowest BCUT2D eigenvalue weighted by Crippen LogP contribution is -2.43. The van der Waals surface area contributed by atoms with Crippen molar-refractivity contribution in [1.82, 2.24) is 10.3 Å². The van der Waals surface area contributed by atoms with Gasteiger partial charge in [-0.25, -0.2) is 4.98 Å². The van der Waals surface area contributed by atoms with Crippen molar-refractivity contribution in [2.45, 2.75) is 0 Å². The van der Waals surface area contributed by atoms with E-state index < -0.39 is 10.8 Å². The second-order valence-corrected chi connectivity index (χ2v) is 5.62. The molecule has 138 valence electrons. The van der Waals surface area contributed by atoms with Gasteiger partial charge >= 0.3 is 0 Å². The van der Waals surface area contributed by atoms with Crippen LogP contribution in [0.4, 0.5) is 22.9 Å². The predicted octanol–water partition coefficient (Wildman–Crippen LogP) is 1.66. The summed E-state index contributed by atoms with van der Waals surface area (Å²) in [7, 11) is 0. The highest BCUT2D eigenvalue weighted by Gasteiger charge is 2.16. The van der Waals surface area contributed by atoms with E-state index in [9.17, 15) is 14.9 Å². The van der Waals surface area contributed by atoms with Crippen LogP contribution in [0.1, 0.15) is 10.4 Å². The summed E-state index contributed by atoms with van der Waals surface area (Å²) < 4.78 is 0. The van der Waals surface area contributed by atoms with Gasteiger partial charge in [-0.3, -0.25) is 14.9 Å². The molecule has 0 bridgehead atoms. The number of pyridine rings is 1. The smallest absolute Gasteiger partial charge is 0.270 e. The Hall–Kier alpha value is -2.91. The molecular weight excluding hydrogens is 360 g/mol. The highest BCUT2D eigenvalue weighted by molar-refractivity contribution is 6.07. The minimum absolute atomic E-state index is 0. The van der Waals surface area contributed by atoms with Gasteiger partial charge in [-0.2, -0.15) is 0 Å². The molecule has 0 saturated carbocycles. The van der Waals surface area contributed by atoms with Crippen molar-refractivity contribution in [3.8, 4) is 0 Å². The molecule has 4 N–H and O–H groups in total. The first-order chi connectivity index (χ1) is 12.0. The lowest BCUT2D eigenvalue weighted by atomic mass is 10.1. The van der Waals surface area contributed by atoms with E-state index in [4.69, 9.17) is 5.73 Å². The molecule has 1 amide bonds. The van der Waals surface area contributed by atoms with Gasteiger partial charge in [0.25, 0.3) is 11.6 Å². The molecule has 1 aliphatic rings. The molecule has 0 spiro atoms. The Morgan fingerprint density at radius 3 is 2.62 bits per heavy atom. The summed E-state index contributed by atoms with van der Waals surface area (Å²) in [6.07, 6.45) is 1.69. The maximum atomic E-state index is 12.3. The van der Waals surface area contributed by atoms with Crippen LogP contribution >= 0.6 is 12.4 Å². The Labute approximate surface area is 156 Å². The average Bonchev–Trinajstić information content (AvgIpc) is 2.63. The molecule has 0 aliphatic carbocycles. The van der Waals surface area contributed by atoms with Crippen molar-refractivity contribution in [3.63, 3.8) is 0 Å². The molecule has 1 aromatic carbocycles. The summed E-state index contributed by atoms with van der Waals surface area (Å²) >= 11 is 0. The maximum absolute atomic E-state index is 12.3. The summed E-state index contributed by atoms with van der Waals surface area (Å²) in [6.45, 7) is 3.64. The van der Waals surface area contributed by atoms with Gasteiger partial charge in [0.2, 0.25) is 0 Å². The first-order valence-corrected chi connectivity index (χ1v) is 7.81. The number of hydrogen-bond donors (Lipinski definition) is 3. The maximum Gasteiger partial charge on any atom is 0.270 e. The standard InChI is InChI=1S/C16H18N6O3.ClH/c17-14-3-1-11(22(24)25)9-13(14)16(23)20-15-4-2-12(10-19-15)21-7-5-18-6-8-21;/h1-4,9-10,18H,5-8,17H2,(H,19,20,23);1H. The number of nitrogens with two attached hydrogens (primary N) is 1. The fourth-order valence-electron chi connectivity index (χ4n) is 2.61. The largest absolute Gasteiger partial charge is 0.398 e. The third kappa shape index (κ3) is 4.38. The number of nitrogens with one attached hydrogen (secondary N) is 2. The Balaban J connectivity index is 0.00000243. The molecular formula is C16H19ClN6O3. The first kappa shape index (κ1) is 19.4. The topological polar surface area (TPSA) is 126 Å². The first-order valence-electron chi connectivity index (χ1n) is 7.81. The highest BCUT2D eigenvalue weighted by Crippen LogP contribution is 2.21. The Morgan fingerprint density at radius 1 is 1.27 bits per heavy atom. The van der Waals surface area contributed by atoms with Crippen LogP contribution in [0.15, 0.2) is 36.5 Å². The number of benzene rings is 1. The Morgan fingerprint density at radius 2 is 2.00 bits per heavy atom. The lowest BCUT2D eigenvalue weighted by Gasteiger charge is -2.29. The summed E-state index contributed by atoms with van der Waals surface area (Å²) in [5.74, 6) is -0.182. The fraction of sp³-hybridized carbons (Fsp3) is 0.250. The van der Waals surface area contributed by atoms with E-state index in [0.29, 0.717) is 5.82 Å². The molecule has 1 aliphatic heterocycles. The second kappa shape index (κ2) is 8.45. The number of non-ortho nitro benzene ring substituents is 1. The van der Waals surface area contributed by atoms with Gasteiger partial charge in [0.1, 0.15) is 5.82 Å². The van der Waals surface area contributed by atoms with Gasteiger partial charge in [0.15, 0.2) is 0 Å². The van der Waals surface area contributed by atoms with Crippen LogP contribution in [0.25, 0.3) is 0 Å². The molecule has 0 atom stereocenters. The number of nitrogen functional groups attached to an aromatic ring is 1. The number of piperazine rings is 1. The Bertz CT molecular complexity index is 793. The molecule has 1 saturated heterocycles. The number of hydrogen-bond acceptors (Lipinski definition) is 7. The molecule has 9 nitrogen and oxygen atoms in total. The minimum atomic E-state index is -0.573. The van der Waals surface area contributed by atoms with Gasteiger partial charge in [-0.15, -0.1) is 12.4 Å².